The smallest absolute Gasteiger partial charge is 0.326 e. The number of aliphatic carboxylic acids is 1. The highest BCUT2D eigenvalue weighted by atomic mass is 16.4. The zero-order valence-electron chi connectivity index (χ0n) is 19.5. The lowest BCUT2D eigenvalue weighted by molar-refractivity contribution is -0.143. The Kier molecular flexibility index (Phi) is 14.1. The number of primary amides is 2. The minimum absolute atomic E-state index is 0.150. The lowest BCUT2D eigenvalue weighted by Crippen LogP contribution is -2.57. The average molecular weight is 488 g/mol. The average Bonchev–Trinajstić information content (AvgIpc) is 2.72. The van der Waals surface area contributed by atoms with Crippen LogP contribution in [0.5, 0.6) is 0 Å². The van der Waals surface area contributed by atoms with E-state index in [0.717, 1.165) is 0 Å². The molecular formula is C20H37N7O7. The first kappa shape index (κ1) is 30.7. The normalized spacial score (nSPS) is 14.4. The summed E-state index contributed by atoms with van der Waals surface area (Å²) in [5, 5.41) is 16.6. The van der Waals surface area contributed by atoms with E-state index in [2.05, 4.69) is 16.0 Å². The predicted molar refractivity (Wildman–Crippen MR) is 121 cm³/mol. The highest BCUT2D eigenvalue weighted by Gasteiger charge is 2.31. The first-order chi connectivity index (χ1) is 15.8. The van der Waals surface area contributed by atoms with Crippen molar-refractivity contribution in [3.05, 3.63) is 0 Å². The number of rotatable bonds is 17. The van der Waals surface area contributed by atoms with Gasteiger partial charge in [-0.1, -0.05) is 13.8 Å². The summed E-state index contributed by atoms with van der Waals surface area (Å²) in [4.78, 5) is 71.6. The molecule has 0 aliphatic rings. The minimum atomic E-state index is -1.33. The van der Waals surface area contributed by atoms with Crippen LogP contribution in [0.4, 0.5) is 0 Å². The molecule has 0 radical (unpaired) electrons. The minimum Gasteiger partial charge on any atom is -0.480 e. The van der Waals surface area contributed by atoms with Crippen LogP contribution in [0.3, 0.4) is 0 Å². The number of carboxylic acids is 1. The maximum absolute atomic E-state index is 12.9. The summed E-state index contributed by atoms with van der Waals surface area (Å²) in [6.07, 6.45) is 0.230. The molecule has 0 fully saturated rings. The van der Waals surface area contributed by atoms with Gasteiger partial charge >= 0.3 is 5.97 Å². The molecule has 0 spiro atoms. The van der Waals surface area contributed by atoms with E-state index in [4.69, 9.17) is 22.9 Å². The van der Waals surface area contributed by atoms with Crippen LogP contribution < -0.4 is 38.9 Å². The molecule has 4 unspecified atom stereocenters. The van der Waals surface area contributed by atoms with Crippen molar-refractivity contribution in [2.45, 2.75) is 76.5 Å². The zero-order valence-corrected chi connectivity index (χ0v) is 19.5. The third kappa shape index (κ3) is 12.1. The highest BCUT2D eigenvalue weighted by molar-refractivity contribution is 5.95. The van der Waals surface area contributed by atoms with Gasteiger partial charge in [0.05, 0.1) is 12.5 Å². The van der Waals surface area contributed by atoms with Crippen molar-refractivity contribution in [1.29, 1.82) is 0 Å². The van der Waals surface area contributed by atoms with Crippen LogP contribution in [0.25, 0.3) is 0 Å². The van der Waals surface area contributed by atoms with Crippen LogP contribution in [0.2, 0.25) is 0 Å². The summed E-state index contributed by atoms with van der Waals surface area (Å²) >= 11 is 0. The molecule has 4 atom stereocenters. The fraction of sp³-hybridized carbons (Fsp3) is 0.700. The number of carboxylic acid groups (broad SMARTS) is 1. The van der Waals surface area contributed by atoms with Gasteiger partial charge in [-0.05, 0) is 38.1 Å². The fourth-order valence-corrected chi connectivity index (χ4v) is 2.94. The summed E-state index contributed by atoms with van der Waals surface area (Å²) < 4.78 is 0. The van der Waals surface area contributed by atoms with Crippen LogP contribution in [0.15, 0.2) is 0 Å². The SMILES string of the molecule is CC(C)C(NC(=O)C(CCCCN)NC(=O)C(CCC(N)=O)NC(=O)C(N)CC(N)=O)C(=O)O. The number of nitrogens with two attached hydrogens (primary N) is 4. The highest BCUT2D eigenvalue weighted by Crippen LogP contribution is 2.07. The van der Waals surface area contributed by atoms with Crippen molar-refractivity contribution < 1.29 is 33.9 Å². The number of nitrogens with one attached hydrogen (secondary N) is 3. The molecule has 0 aliphatic carbocycles. The van der Waals surface area contributed by atoms with Crippen molar-refractivity contribution in [2.75, 3.05) is 6.54 Å². The maximum Gasteiger partial charge on any atom is 0.326 e. The molecule has 14 heteroatoms. The Balaban J connectivity index is 5.58. The summed E-state index contributed by atoms with van der Waals surface area (Å²) in [6.45, 7) is 3.58. The molecule has 0 heterocycles. The standard InChI is InChI=1S/C20H37N7O7/c1-10(2)16(20(33)34)27-19(32)12(5-3-4-8-21)26-18(31)13(6-7-14(23)28)25-17(30)11(22)9-15(24)29/h10-13,16H,3-9,21-22H2,1-2H3,(H2,23,28)(H2,24,29)(H,25,30)(H,26,31)(H,27,32)(H,33,34). The van der Waals surface area contributed by atoms with E-state index in [1.54, 1.807) is 13.8 Å². The maximum atomic E-state index is 12.9. The van der Waals surface area contributed by atoms with Gasteiger partial charge in [0.25, 0.3) is 0 Å². The number of unbranched alkanes of at least 4 members (excludes halogenated alkanes) is 1. The van der Waals surface area contributed by atoms with E-state index >= 15 is 0 Å². The molecule has 0 saturated carbocycles. The summed E-state index contributed by atoms with van der Waals surface area (Å²) in [5.41, 5.74) is 21.2. The lowest BCUT2D eigenvalue weighted by Gasteiger charge is -2.26. The van der Waals surface area contributed by atoms with Crippen LogP contribution in [0, 0.1) is 5.92 Å². The quantitative estimate of drug-likeness (QED) is 0.0957. The van der Waals surface area contributed by atoms with Gasteiger partial charge in [0.15, 0.2) is 0 Å². The Morgan fingerprint density at radius 3 is 1.79 bits per heavy atom. The molecule has 12 N–H and O–H groups in total. The molecule has 34 heavy (non-hydrogen) atoms. The molecule has 0 aromatic rings. The number of hydrogen-bond donors (Lipinski definition) is 8. The number of hydrogen-bond acceptors (Lipinski definition) is 8. The van der Waals surface area contributed by atoms with E-state index in [1.807, 2.05) is 0 Å². The van der Waals surface area contributed by atoms with Gasteiger partial charge in [0.2, 0.25) is 29.5 Å². The summed E-state index contributed by atoms with van der Waals surface area (Å²) in [7, 11) is 0. The molecule has 0 saturated heterocycles. The molecule has 5 amide bonds. The molecule has 0 aromatic heterocycles. The van der Waals surface area contributed by atoms with Crippen molar-refractivity contribution in [2.24, 2.45) is 28.9 Å². The second-order valence-electron chi connectivity index (χ2n) is 8.26. The second kappa shape index (κ2) is 15.6. The summed E-state index contributed by atoms with van der Waals surface area (Å²) in [5.74, 6) is -5.61. The van der Waals surface area contributed by atoms with Gasteiger partial charge in [0, 0.05) is 6.42 Å². The van der Waals surface area contributed by atoms with Crippen LogP contribution in [0.1, 0.15) is 52.4 Å². The van der Waals surface area contributed by atoms with E-state index < -0.39 is 72.0 Å². The van der Waals surface area contributed by atoms with E-state index in [-0.39, 0.29) is 19.3 Å². The van der Waals surface area contributed by atoms with Crippen molar-refractivity contribution >= 4 is 35.5 Å². The van der Waals surface area contributed by atoms with Crippen molar-refractivity contribution in [3.63, 3.8) is 0 Å². The Morgan fingerprint density at radius 2 is 1.32 bits per heavy atom. The Hall–Kier alpha value is -3.26. The molecule has 14 nitrogen and oxygen atoms in total. The molecule has 0 aromatic carbocycles. The molecule has 0 rings (SSSR count). The molecule has 0 bridgehead atoms. The molecule has 194 valence electrons. The monoisotopic (exact) mass is 487 g/mol. The predicted octanol–water partition coefficient (Wildman–Crippen LogP) is -3.22. The van der Waals surface area contributed by atoms with Gasteiger partial charge < -0.3 is 44.0 Å². The second-order valence-corrected chi connectivity index (χ2v) is 8.26. The topological polar surface area (TPSA) is 263 Å². The number of amides is 5. The van der Waals surface area contributed by atoms with Crippen molar-refractivity contribution in [1.82, 2.24) is 16.0 Å². The fourth-order valence-electron chi connectivity index (χ4n) is 2.94. The van der Waals surface area contributed by atoms with E-state index in [1.165, 1.54) is 0 Å². The first-order valence-electron chi connectivity index (χ1n) is 11.0. The van der Waals surface area contributed by atoms with Gasteiger partial charge in [-0.2, -0.15) is 0 Å². The van der Waals surface area contributed by atoms with E-state index in [9.17, 15) is 33.9 Å². The van der Waals surface area contributed by atoms with Gasteiger partial charge in [-0.25, -0.2) is 4.79 Å². The Bertz CT molecular complexity index is 745. The molecule has 0 aliphatic heterocycles. The molecular weight excluding hydrogens is 450 g/mol. The van der Waals surface area contributed by atoms with Crippen molar-refractivity contribution in [3.8, 4) is 0 Å². The zero-order chi connectivity index (χ0) is 26.4. The van der Waals surface area contributed by atoms with E-state index in [0.29, 0.717) is 19.4 Å². The van der Waals surface area contributed by atoms with Gasteiger partial charge in [-0.15, -0.1) is 0 Å². The number of carbonyl (C=O) groups excluding carboxylic acids is 5. The van der Waals surface area contributed by atoms with Gasteiger partial charge in [-0.3, -0.25) is 24.0 Å². The van der Waals surface area contributed by atoms with Crippen LogP contribution >= 0.6 is 0 Å². The first-order valence-corrected chi connectivity index (χ1v) is 11.0. The third-order valence-corrected chi connectivity index (χ3v) is 4.88. The number of carbonyl (C=O) groups is 6. The van der Waals surface area contributed by atoms with Crippen LogP contribution in [-0.2, 0) is 28.8 Å². The Morgan fingerprint density at radius 1 is 0.794 bits per heavy atom. The summed E-state index contributed by atoms with van der Waals surface area (Å²) in [6, 6.07) is -4.94. The van der Waals surface area contributed by atoms with Crippen LogP contribution in [-0.4, -0.2) is 71.3 Å². The lowest BCUT2D eigenvalue weighted by atomic mass is 10.0. The van der Waals surface area contributed by atoms with Gasteiger partial charge in [0.1, 0.15) is 18.1 Å². The third-order valence-electron chi connectivity index (χ3n) is 4.88. The Labute approximate surface area is 197 Å². The largest absolute Gasteiger partial charge is 0.480 e.